The van der Waals surface area contributed by atoms with Crippen molar-refractivity contribution in [2.45, 2.75) is 13.0 Å². The van der Waals surface area contributed by atoms with Gasteiger partial charge in [-0.2, -0.15) is 0 Å². The van der Waals surface area contributed by atoms with Gasteiger partial charge >= 0.3 is 0 Å². The molecule has 2 N–H and O–H groups in total. The molecule has 0 atom stereocenters. The molecule has 0 heterocycles. The zero-order valence-electron chi connectivity index (χ0n) is 7.86. The van der Waals surface area contributed by atoms with Crippen LogP contribution in [-0.2, 0) is 11.4 Å². The molecule has 1 amide bonds. The Kier molecular flexibility index (Phi) is 3.88. The number of rotatable bonds is 4. The Morgan fingerprint density at radius 3 is 3.00 bits per heavy atom. The second kappa shape index (κ2) is 5.19. The highest BCUT2D eigenvalue weighted by molar-refractivity contribution is 5.91. The molecule has 0 radical (unpaired) electrons. The van der Waals surface area contributed by atoms with Crippen LogP contribution in [-0.4, -0.2) is 11.0 Å². The van der Waals surface area contributed by atoms with E-state index in [2.05, 4.69) is 11.9 Å². The van der Waals surface area contributed by atoms with E-state index in [-0.39, 0.29) is 12.5 Å². The summed E-state index contributed by atoms with van der Waals surface area (Å²) in [6.07, 6.45) is 1.84. The minimum absolute atomic E-state index is 0.0226. The maximum Gasteiger partial charge on any atom is 0.228 e. The lowest BCUT2D eigenvalue weighted by Crippen LogP contribution is -2.09. The number of hydrogen-bond donors (Lipinski definition) is 2. The van der Waals surface area contributed by atoms with Gasteiger partial charge in [-0.05, 0) is 17.7 Å². The lowest BCUT2D eigenvalue weighted by molar-refractivity contribution is -0.115. The van der Waals surface area contributed by atoms with Gasteiger partial charge in [0.15, 0.2) is 0 Å². The number of benzene rings is 1. The van der Waals surface area contributed by atoms with Crippen LogP contribution in [0.25, 0.3) is 0 Å². The number of nitrogens with one attached hydrogen (secondary N) is 1. The first-order valence-corrected chi connectivity index (χ1v) is 4.37. The van der Waals surface area contributed by atoms with Crippen LogP contribution in [0, 0.1) is 0 Å². The lowest BCUT2D eigenvalue weighted by atomic mass is 10.2. The van der Waals surface area contributed by atoms with Crippen molar-refractivity contribution in [1.82, 2.24) is 0 Å². The zero-order valence-corrected chi connectivity index (χ0v) is 7.86. The van der Waals surface area contributed by atoms with E-state index in [1.807, 2.05) is 0 Å². The molecule has 0 fully saturated rings. The van der Waals surface area contributed by atoms with Crippen LogP contribution in [0.15, 0.2) is 36.9 Å². The maximum atomic E-state index is 11.2. The third-order valence-corrected chi connectivity index (χ3v) is 1.72. The van der Waals surface area contributed by atoms with Crippen LogP contribution < -0.4 is 5.32 Å². The van der Waals surface area contributed by atoms with E-state index in [9.17, 15) is 4.79 Å². The second-order valence-corrected chi connectivity index (χ2v) is 2.90. The Balaban J connectivity index is 2.66. The minimum atomic E-state index is -0.102. The lowest BCUT2D eigenvalue weighted by Gasteiger charge is -2.04. The molecular weight excluding hydrogens is 178 g/mol. The van der Waals surface area contributed by atoms with Crippen LogP contribution in [0.2, 0.25) is 0 Å². The molecule has 0 aromatic heterocycles. The molecule has 0 saturated carbocycles. The number of carbonyl (C=O) groups excluding carboxylic acids is 1. The van der Waals surface area contributed by atoms with Crippen molar-refractivity contribution in [3.63, 3.8) is 0 Å². The molecule has 0 unspecified atom stereocenters. The normalized spacial score (nSPS) is 9.50. The fraction of sp³-hybridized carbons (Fsp3) is 0.182. The van der Waals surface area contributed by atoms with Crippen molar-refractivity contribution >= 4 is 11.6 Å². The first kappa shape index (κ1) is 10.5. The average molecular weight is 191 g/mol. The number of aliphatic hydroxyl groups is 1. The highest BCUT2D eigenvalue weighted by Crippen LogP contribution is 2.10. The van der Waals surface area contributed by atoms with Gasteiger partial charge < -0.3 is 10.4 Å². The minimum Gasteiger partial charge on any atom is -0.392 e. The largest absolute Gasteiger partial charge is 0.392 e. The molecule has 1 aromatic rings. The van der Waals surface area contributed by atoms with E-state index in [0.29, 0.717) is 12.1 Å². The Hall–Kier alpha value is -1.61. The van der Waals surface area contributed by atoms with Crippen LogP contribution in [0.1, 0.15) is 12.0 Å². The van der Waals surface area contributed by atoms with Gasteiger partial charge in [0.2, 0.25) is 5.91 Å². The van der Waals surface area contributed by atoms with E-state index in [4.69, 9.17) is 5.11 Å². The Labute approximate surface area is 83.1 Å². The van der Waals surface area contributed by atoms with E-state index >= 15 is 0 Å². The number of carbonyl (C=O) groups is 1. The summed E-state index contributed by atoms with van der Waals surface area (Å²) >= 11 is 0. The SMILES string of the molecule is C=CCC(=O)Nc1cccc(CO)c1. The quantitative estimate of drug-likeness (QED) is 0.711. The van der Waals surface area contributed by atoms with Crippen molar-refractivity contribution in [2.75, 3.05) is 5.32 Å². The summed E-state index contributed by atoms with van der Waals surface area (Å²) in [4.78, 5) is 11.2. The van der Waals surface area contributed by atoms with Gasteiger partial charge in [0.1, 0.15) is 0 Å². The molecule has 0 aliphatic heterocycles. The van der Waals surface area contributed by atoms with Crippen molar-refractivity contribution in [2.24, 2.45) is 0 Å². The van der Waals surface area contributed by atoms with Crippen LogP contribution in [0.3, 0.4) is 0 Å². The molecule has 1 rings (SSSR count). The molecule has 0 aliphatic rings. The Morgan fingerprint density at radius 1 is 1.57 bits per heavy atom. The zero-order chi connectivity index (χ0) is 10.4. The first-order valence-electron chi connectivity index (χ1n) is 4.37. The van der Waals surface area contributed by atoms with Gasteiger partial charge in [-0.15, -0.1) is 6.58 Å². The summed E-state index contributed by atoms with van der Waals surface area (Å²) in [7, 11) is 0. The van der Waals surface area contributed by atoms with Gasteiger partial charge in [0.05, 0.1) is 6.61 Å². The topological polar surface area (TPSA) is 49.3 Å². The molecule has 0 saturated heterocycles. The highest BCUT2D eigenvalue weighted by atomic mass is 16.3. The molecule has 14 heavy (non-hydrogen) atoms. The summed E-state index contributed by atoms with van der Waals surface area (Å²) < 4.78 is 0. The third kappa shape index (κ3) is 3.03. The summed E-state index contributed by atoms with van der Waals surface area (Å²) in [5.41, 5.74) is 1.48. The summed E-state index contributed by atoms with van der Waals surface area (Å²) in [6.45, 7) is 3.45. The highest BCUT2D eigenvalue weighted by Gasteiger charge is 1.99. The third-order valence-electron chi connectivity index (χ3n) is 1.72. The second-order valence-electron chi connectivity index (χ2n) is 2.90. The van der Waals surface area contributed by atoms with Crippen LogP contribution in [0.4, 0.5) is 5.69 Å². The summed E-state index contributed by atoms with van der Waals surface area (Å²) in [5, 5.41) is 11.6. The Morgan fingerprint density at radius 2 is 2.36 bits per heavy atom. The molecule has 74 valence electrons. The number of amides is 1. The maximum absolute atomic E-state index is 11.2. The van der Waals surface area contributed by atoms with Crippen LogP contribution >= 0.6 is 0 Å². The monoisotopic (exact) mass is 191 g/mol. The first-order chi connectivity index (χ1) is 6.76. The summed E-state index contributed by atoms with van der Waals surface area (Å²) in [5.74, 6) is -0.102. The molecular formula is C11H13NO2. The predicted octanol–water partition coefficient (Wildman–Crippen LogP) is 1.69. The Bertz CT molecular complexity index is 334. The molecule has 0 bridgehead atoms. The van der Waals surface area contributed by atoms with Gasteiger partial charge in [0.25, 0.3) is 0 Å². The van der Waals surface area contributed by atoms with Crippen molar-refractivity contribution < 1.29 is 9.90 Å². The standard InChI is InChI=1S/C11H13NO2/c1-2-4-11(14)12-10-6-3-5-9(7-10)8-13/h2-3,5-7,13H,1,4,8H2,(H,12,14). The fourth-order valence-corrected chi connectivity index (χ4v) is 1.09. The van der Waals surface area contributed by atoms with Crippen molar-refractivity contribution in [3.05, 3.63) is 42.5 Å². The smallest absolute Gasteiger partial charge is 0.228 e. The van der Waals surface area contributed by atoms with Crippen molar-refractivity contribution in [1.29, 1.82) is 0 Å². The average Bonchev–Trinajstić information content (AvgIpc) is 2.18. The molecule has 0 spiro atoms. The van der Waals surface area contributed by atoms with E-state index in [1.54, 1.807) is 30.3 Å². The fourth-order valence-electron chi connectivity index (χ4n) is 1.09. The molecule has 3 nitrogen and oxygen atoms in total. The summed E-state index contributed by atoms with van der Waals surface area (Å²) in [6, 6.07) is 7.10. The van der Waals surface area contributed by atoms with Crippen LogP contribution in [0.5, 0.6) is 0 Å². The molecule has 0 aliphatic carbocycles. The molecule has 1 aromatic carbocycles. The van der Waals surface area contributed by atoms with Gasteiger partial charge in [-0.1, -0.05) is 18.2 Å². The van der Waals surface area contributed by atoms with Gasteiger partial charge in [-0.25, -0.2) is 0 Å². The van der Waals surface area contributed by atoms with Gasteiger partial charge in [0, 0.05) is 12.1 Å². The van der Waals surface area contributed by atoms with E-state index in [1.165, 1.54) is 0 Å². The number of hydrogen-bond acceptors (Lipinski definition) is 2. The number of anilines is 1. The molecule has 3 heteroatoms. The van der Waals surface area contributed by atoms with E-state index < -0.39 is 0 Å². The van der Waals surface area contributed by atoms with E-state index in [0.717, 1.165) is 5.56 Å². The van der Waals surface area contributed by atoms with Crippen molar-refractivity contribution in [3.8, 4) is 0 Å². The predicted molar refractivity (Wildman–Crippen MR) is 55.8 cm³/mol. The number of aliphatic hydroxyl groups excluding tert-OH is 1. The van der Waals surface area contributed by atoms with Gasteiger partial charge in [-0.3, -0.25) is 4.79 Å².